The number of nitrogens with one attached hydrogen (secondary N) is 1. The molecule has 0 aliphatic rings. The third-order valence-corrected chi connectivity index (χ3v) is 1.71. The second-order valence-electron chi connectivity index (χ2n) is 1.58. The van der Waals surface area contributed by atoms with Crippen LogP contribution in [0.15, 0.2) is 0 Å². The predicted molar refractivity (Wildman–Crippen MR) is 37.4 cm³/mol. The van der Waals surface area contributed by atoms with Crippen molar-refractivity contribution < 1.29 is 13.6 Å². The van der Waals surface area contributed by atoms with E-state index in [1.807, 2.05) is 0 Å². The van der Waals surface area contributed by atoms with E-state index in [4.69, 9.17) is 0 Å². The Bertz CT molecular complexity index is 110. The van der Waals surface area contributed by atoms with Gasteiger partial charge in [0.25, 0.3) is 0 Å². The number of rotatable bonds is 4. The quantitative estimate of drug-likeness (QED) is 0.672. The Hall–Kier alpha value is -0.320. The van der Waals surface area contributed by atoms with Gasteiger partial charge in [-0.2, -0.15) is 0 Å². The summed E-state index contributed by atoms with van der Waals surface area (Å²) in [5.74, 6) is -0.375. The Morgan fingerprint density at radius 3 is 2.70 bits per heavy atom. The normalized spacial score (nSPS) is 10.0. The summed E-state index contributed by atoms with van der Waals surface area (Å²) in [5, 5.41) is 2.33. The first-order chi connectivity index (χ1) is 4.66. The van der Waals surface area contributed by atoms with E-state index in [0.717, 1.165) is 11.8 Å². The van der Waals surface area contributed by atoms with Gasteiger partial charge < -0.3 is 5.32 Å². The molecule has 5 heteroatoms. The van der Waals surface area contributed by atoms with Gasteiger partial charge in [0.05, 0.1) is 11.5 Å². The summed E-state index contributed by atoms with van der Waals surface area (Å²) in [6, 6.07) is 0. The van der Waals surface area contributed by atoms with Gasteiger partial charge in [-0.15, -0.1) is 11.8 Å². The molecule has 1 amide bonds. The molecule has 60 valence electrons. The van der Waals surface area contributed by atoms with Crippen LogP contribution in [0.4, 0.5) is 8.78 Å². The Morgan fingerprint density at radius 2 is 2.30 bits per heavy atom. The molecule has 0 heterocycles. The molecule has 0 aromatic heterocycles. The van der Waals surface area contributed by atoms with Crippen LogP contribution in [0, 0.1) is 0 Å². The standard InChI is InChI=1S/C5H9F2NOS/c1-8-5(9)3-10-2-4(6)7/h4H,2-3H2,1H3,(H,8,9). The molecule has 0 radical (unpaired) electrons. The van der Waals surface area contributed by atoms with Crippen molar-refractivity contribution in [3.63, 3.8) is 0 Å². The molecule has 0 fully saturated rings. The minimum Gasteiger partial charge on any atom is -0.358 e. The van der Waals surface area contributed by atoms with Crippen LogP contribution in [0.3, 0.4) is 0 Å². The summed E-state index contributed by atoms with van der Waals surface area (Å²) < 4.78 is 22.9. The number of carbonyl (C=O) groups is 1. The molecular formula is C5H9F2NOS. The molecule has 0 aliphatic heterocycles. The van der Waals surface area contributed by atoms with Gasteiger partial charge in [0.1, 0.15) is 0 Å². The summed E-state index contributed by atoms with van der Waals surface area (Å²) in [6.45, 7) is 0. The summed E-state index contributed by atoms with van der Waals surface area (Å²) in [5.41, 5.74) is 0. The predicted octanol–water partition coefficient (Wildman–Crippen LogP) is 0.731. The van der Waals surface area contributed by atoms with E-state index in [2.05, 4.69) is 5.32 Å². The highest BCUT2D eigenvalue weighted by molar-refractivity contribution is 7.99. The van der Waals surface area contributed by atoms with Crippen LogP contribution in [0.5, 0.6) is 0 Å². The highest BCUT2D eigenvalue weighted by atomic mass is 32.2. The van der Waals surface area contributed by atoms with Crippen molar-refractivity contribution in [3.05, 3.63) is 0 Å². The average molecular weight is 169 g/mol. The van der Waals surface area contributed by atoms with E-state index in [9.17, 15) is 13.6 Å². The maximum absolute atomic E-state index is 11.4. The fourth-order valence-corrected chi connectivity index (χ4v) is 0.939. The second-order valence-corrected chi connectivity index (χ2v) is 2.61. The summed E-state index contributed by atoms with van der Waals surface area (Å²) >= 11 is 0.932. The van der Waals surface area contributed by atoms with Gasteiger partial charge in [0.2, 0.25) is 12.3 Å². The highest BCUT2D eigenvalue weighted by Gasteiger charge is 2.03. The summed E-state index contributed by atoms with van der Waals surface area (Å²) in [7, 11) is 1.48. The van der Waals surface area contributed by atoms with Crippen LogP contribution in [0.1, 0.15) is 0 Å². The van der Waals surface area contributed by atoms with Gasteiger partial charge >= 0.3 is 0 Å². The van der Waals surface area contributed by atoms with Crippen molar-refractivity contribution in [2.24, 2.45) is 0 Å². The van der Waals surface area contributed by atoms with Crippen LogP contribution in [0.25, 0.3) is 0 Å². The monoisotopic (exact) mass is 169 g/mol. The van der Waals surface area contributed by atoms with Crippen LogP contribution in [-0.2, 0) is 4.79 Å². The van der Waals surface area contributed by atoms with Gasteiger partial charge in [-0.05, 0) is 0 Å². The molecule has 1 N–H and O–H groups in total. The van der Waals surface area contributed by atoms with Crippen LogP contribution in [0.2, 0.25) is 0 Å². The van der Waals surface area contributed by atoms with Crippen molar-refractivity contribution in [2.75, 3.05) is 18.6 Å². The van der Waals surface area contributed by atoms with Gasteiger partial charge in [0, 0.05) is 7.05 Å². The molecule has 0 spiro atoms. The maximum atomic E-state index is 11.4. The smallest absolute Gasteiger partial charge is 0.247 e. The maximum Gasteiger partial charge on any atom is 0.247 e. The minimum atomic E-state index is -2.32. The van der Waals surface area contributed by atoms with E-state index in [-0.39, 0.29) is 17.4 Å². The molecule has 0 saturated heterocycles. The van der Waals surface area contributed by atoms with Crippen molar-refractivity contribution in [2.45, 2.75) is 6.43 Å². The first-order valence-electron chi connectivity index (χ1n) is 2.73. The zero-order chi connectivity index (χ0) is 7.98. The number of halogens is 2. The third-order valence-electron chi connectivity index (χ3n) is 0.756. The molecule has 0 aliphatic carbocycles. The van der Waals surface area contributed by atoms with Crippen LogP contribution >= 0.6 is 11.8 Å². The van der Waals surface area contributed by atoms with Crippen LogP contribution < -0.4 is 5.32 Å². The summed E-state index contributed by atoms with van der Waals surface area (Å²) in [4.78, 5) is 10.4. The van der Waals surface area contributed by atoms with Gasteiger partial charge in [0.15, 0.2) is 0 Å². The fourth-order valence-electron chi connectivity index (χ4n) is 0.313. The minimum absolute atomic E-state index is 0.112. The number of amides is 1. The number of alkyl halides is 2. The molecule has 2 nitrogen and oxygen atoms in total. The summed E-state index contributed by atoms with van der Waals surface area (Å²) in [6.07, 6.45) is -2.32. The van der Waals surface area contributed by atoms with Gasteiger partial charge in [-0.1, -0.05) is 0 Å². The Kier molecular flexibility index (Phi) is 5.29. The van der Waals surface area contributed by atoms with Gasteiger partial charge in [-0.3, -0.25) is 4.79 Å². The zero-order valence-corrected chi connectivity index (χ0v) is 6.38. The first kappa shape index (κ1) is 9.68. The van der Waals surface area contributed by atoms with E-state index in [0.29, 0.717) is 0 Å². The van der Waals surface area contributed by atoms with Crippen molar-refractivity contribution in [1.29, 1.82) is 0 Å². The highest BCUT2D eigenvalue weighted by Crippen LogP contribution is 2.05. The fraction of sp³-hybridized carbons (Fsp3) is 0.800. The van der Waals surface area contributed by atoms with Crippen molar-refractivity contribution >= 4 is 17.7 Å². The lowest BCUT2D eigenvalue weighted by atomic mass is 10.7. The molecular weight excluding hydrogens is 160 g/mol. The average Bonchev–Trinajstić information content (AvgIpc) is 1.87. The van der Waals surface area contributed by atoms with Crippen LogP contribution in [-0.4, -0.2) is 30.9 Å². The molecule has 0 bridgehead atoms. The lowest BCUT2D eigenvalue weighted by molar-refractivity contribution is -0.118. The number of hydrogen-bond acceptors (Lipinski definition) is 2. The second kappa shape index (κ2) is 5.46. The lowest BCUT2D eigenvalue weighted by Gasteiger charge is -1.98. The molecule has 0 aromatic rings. The van der Waals surface area contributed by atoms with E-state index in [1.165, 1.54) is 7.05 Å². The van der Waals surface area contributed by atoms with E-state index < -0.39 is 6.43 Å². The Morgan fingerprint density at radius 1 is 1.70 bits per heavy atom. The molecule has 0 atom stereocenters. The molecule has 0 aromatic carbocycles. The largest absolute Gasteiger partial charge is 0.358 e. The SMILES string of the molecule is CNC(=O)CSCC(F)F. The van der Waals surface area contributed by atoms with Crippen molar-refractivity contribution in [3.8, 4) is 0 Å². The first-order valence-corrected chi connectivity index (χ1v) is 3.88. The zero-order valence-electron chi connectivity index (χ0n) is 5.56. The number of thioether (sulfide) groups is 1. The molecule has 0 unspecified atom stereocenters. The molecule has 10 heavy (non-hydrogen) atoms. The van der Waals surface area contributed by atoms with Gasteiger partial charge in [-0.25, -0.2) is 8.78 Å². The van der Waals surface area contributed by atoms with E-state index >= 15 is 0 Å². The number of carbonyl (C=O) groups excluding carboxylic acids is 1. The molecule has 0 rings (SSSR count). The number of hydrogen-bond donors (Lipinski definition) is 1. The Balaban J connectivity index is 3.12. The topological polar surface area (TPSA) is 29.1 Å². The van der Waals surface area contributed by atoms with E-state index in [1.54, 1.807) is 0 Å². The third kappa shape index (κ3) is 5.81. The molecule has 0 saturated carbocycles. The van der Waals surface area contributed by atoms with Crippen molar-refractivity contribution in [1.82, 2.24) is 5.32 Å². The lowest BCUT2D eigenvalue weighted by Crippen LogP contribution is -2.20. The Labute approximate surface area is 62.4 Å².